The zero-order chi connectivity index (χ0) is 9.10. The van der Waals surface area contributed by atoms with Gasteiger partial charge >= 0.3 is 0 Å². The third kappa shape index (κ3) is 1.68. The van der Waals surface area contributed by atoms with Crippen molar-refractivity contribution in [3.63, 3.8) is 0 Å². The van der Waals surface area contributed by atoms with Crippen LogP contribution in [0.1, 0.15) is 15.9 Å². The molecule has 1 heterocycles. The van der Waals surface area contributed by atoms with Crippen molar-refractivity contribution >= 4 is 17.1 Å². The molecule has 1 aromatic carbocycles. The highest BCUT2D eigenvalue weighted by Crippen LogP contribution is 2.12. The molecule has 0 saturated carbocycles. The lowest BCUT2D eigenvalue weighted by atomic mass is 10.1. The number of rotatable bonds is 2. The number of benzene rings is 1. The summed E-state index contributed by atoms with van der Waals surface area (Å²) in [5.74, 6) is 0.0989. The first-order valence-corrected chi connectivity index (χ1v) is 4.94. The van der Waals surface area contributed by atoms with Gasteiger partial charge in [-0.1, -0.05) is 30.3 Å². The molecule has 64 valence electrons. The van der Waals surface area contributed by atoms with Crippen LogP contribution in [0, 0.1) is 0 Å². The van der Waals surface area contributed by atoms with Crippen molar-refractivity contribution in [2.24, 2.45) is 0 Å². The molecule has 1 nitrogen and oxygen atoms in total. The molecule has 0 amide bonds. The van der Waals surface area contributed by atoms with Crippen LogP contribution in [0.3, 0.4) is 0 Å². The molecule has 2 rings (SSSR count). The Morgan fingerprint density at radius 1 is 1.00 bits per heavy atom. The number of thiophene rings is 1. The molecule has 13 heavy (non-hydrogen) atoms. The summed E-state index contributed by atoms with van der Waals surface area (Å²) in [6.45, 7) is 0. The zero-order valence-electron chi connectivity index (χ0n) is 6.94. The van der Waals surface area contributed by atoms with Gasteiger partial charge in [-0.3, -0.25) is 4.79 Å². The number of hydrogen-bond acceptors (Lipinski definition) is 2. The molecule has 0 fully saturated rings. The maximum Gasteiger partial charge on any atom is 0.193 e. The van der Waals surface area contributed by atoms with E-state index in [2.05, 4.69) is 0 Å². The molecule has 0 unspecified atom stereocenters. The summed E-state index contributed by atoms with van der Waals surface area (Å²) in [7, 11) is 0. The highest BCUT2D eigenvalue weighted by Gasteiger charge is 2.07. The van der Waals surface area contributed by atoms with Gasteiger partial charge < -0.3 is 0 Å². The van der Waals surface area contributed by atoms with Gasteiger partial charge in [0.05, 0.1) is 0 Å². The topological polar surface area (TPSA) is 17.1 Å². The molecule has 0 aliphatic heterocycles. The van der Waals surface area contributed by atoms with E-state index in [1.807, 2.05) is 47.2 Å². The van der Waals surface area contributed by atoms with Gasteiger partial charge in [0, 0.05) is 16.5 Å². The Bertz CT molecular complexity index is 389. The van der Waals surface area contributed by atoms with Gasteiger partial charge in [0.1, 0.15) is 0 Å². The summed E-state index contributed by atoms with van der Waals surface area (Å²) in [5.41, 5.74) is 1.53. The second-order valence-electron chi connectivity index (χ2n) is 2.71. The maximum atomic E-state index is 11.7. The minimum Gasteiger partial charge on any atom is -0.289 e. The van der Waals surface area contributed by atoms with Crippen molar-refractivity contribution in [1.82, 2.24) is 0 Å². The zero-order valence-corrected chi connectivity index (χ0v) is 7.75. The molecule has 0 aliphatic carbocycles. The fourth-order valence-electron chi connectivity index (χ4n) is 1.15. The maximum absolute atomic E-state index is 11.7. The van der Waals surface area contributed by atoms with E-state index < -0.39 is 0 Å². The highest BCUT2D eigenvalue weighted by atomic mass is 32.1. The smallest absolute Gasteiger partial charge is 0.193 e. The Hall–Kier alpha value is -1.41. The van der Waals surface area contributed by atoms with Crippen molar-refractivity contribution in [3.05, 3.63) is 58.3 Å². The van der Waals surface area contributed by atoms with E-state index in [4.69, 9.17) is 0 Å². The molecular weight excluding hydrogens is 180 g/mol. The molecule has 0 saturated heterocycles. The average molecular weight is 188 g/mol. The largest absolute Gasteiger partial charge is 0.289 e. The summed E-state index contributed by atoms with van der Waals surface area (Å²) >= 11 is 1.54. The fraction of sp³-hybridized carbons (Fsp3) is 0. The molecular formula is C11H8OS. The number of carbonyl (C=O) groups excluding carboxylic acids is 1. The van der Waals surface area contributed by atoms with Crippen molar-refractivity contribution in [2.75, 3.05) is 0 Å². The Morgan fingerprint density at radius 2 is 1.77 bits per heavy atom. The van der Waals surface area contributed by atoms with Gasteiger partial charge in [0.25, 0.3) is 0 Å². The van der Waals surface area contributed by atoms with Crippen molar-refractivity contribution < 1.29 is 4.79 Å². The number of hydrogen-bond donors (Lipinski definition) is 0. The van der Waals surface area contributed by atoms with Crippen LogP contribution in [0.2, 0.25) is 0 Å². The van der Waals surface area contributed by atoms with E-state index in [0.717, 1.165) is 11.1 Å². The highest BCUT2D eigenvalue weighted by molar-refractivity contribution is 7.08. The predicted molar refractivity (Wildman–Crippen MR) is 54.2 cm³/mol. The van der Waals surface area contributed by atoms with Crippen LogP contribution in [-0.4, -0.2) is 5.78 Å². The van der Waals surface area contributed by atoms with Crippen molar-refractivity contribution in [3.8, 4) is 0 Å². The first-order valence-electron chi connectivity index (χ1n) is 4.00. The van der Waals surface area contributed by atoms with Crippen molar-refractivity contribution in [2.45, 2.75) is 0 Å². The Morgan fingerprint density at radius 3 is 2.38 bits per heavy atom. The number of ketones is 1. The molecule has 0 atom stereocenters. The molecule has 0 N–H and O–H groups in total. The number of carbonyl (C=O) groups is 1. The molecule has 0 bridgehead atoms. The van der Waals surface area contributed by atoms with Gasteiger partial charge in [-0.25, -0.2) is 0 Å². The average Bonchev–Trinajstić information content (AvgIpc) is 2.71. The molecule has 0 radical (unpaired) electrons. The Kier molecular flexibility index (Phi) is 2.23. The summed E-state index contributed by atoms with van der Waals surface area (Å²) in [6.07, 6.45) is 0. The van der Waals surface area contributed by atoms with Gasteiger partial charge in [-0.15, -0.1) is 0 Å². The molecule has 0 aliphatic rings. The lowest BCUT2D eigenvalue weighted by molar-refractivity contribution is 0.103. The SMILES string of the molecule is O=C(c1ccccc1)c1ccsc1. The van der Waals surface area contributed by atoms with Crippen molar-refractivity contribution in [1.29, 1.82) is 0 Å². The summed E-state index contributed by atoms with van der Waals surface area (Å²) in [6, 6.07) is 11.2. The summed E-state index contributed by atoms with van der Waals surface area (Å²) in [4.78, 5) is 11.7. The van der Waals surface area contributed by atoms with Crippen LogP contribution in [0.15, 0.2) is 47.2 Å². The van der Waals surface area contributed by atoms with Crippen LogP contribution in [0.25, 0.3) is 0 Å². The lowest BCUT2D eigenvalue weighted by Gasteiger charge is -1.95. The lowest BCUT2D eigenvalue weighted by Crippen LogP contribution is -1.98. The summed E-state index contributed by atoms with van der Waals surface area (Å²) in [5, 5.41) is 3.78. The summed E-state index contributed by atoms with van der Waals surface area (Å²) < 4.78 is 0. The predicted octanol–water partition coefficient (Wildman–Crippen LogP) is 2.98. The van der Waals surface area contributed by atoms with Crippen LogP contribution >= 0.6 is 11.3 Å². The van der Waals surface area contributed by atoms with E-state index in [9.17, 15) is 4.79 Å². The van der Waals surface area contributed by atoms with E-state index in [1.54, 1.807) is 11.3 Å². The normalized spacial score (nSPS) is 9.85. The first-order chi connectivity index (χ1) is 6.38. The third-order valence-electron chi connectivity index (χ3n) is 1.82. The molecule has 2 heteroatoms. The van der Waals surface area contributed by atoms with Gasteiger partial charge in [-0.2, -0.15) is 11.3 Å². The molecule has 2 aromatic rings. The minimum absolute atomic E-state index is 0.0989. The van der Waals surface area contributed by atoms with Gasteiger partial charge in [0.2, 0.25) is 0 Å². The molecule has 1 aromatic heterocycles. The fourth-order valence-corrected chi connectivity index (χ4v) is 1.79. The van der Waals surface area contributed by atoms with E-state index in [0.29, 0.717) is 0 Å². The third-order valence-corrected chi connectivity index (χ3v) is 2.50. The second-order valence-corrected chi connectivity index (χ2v) is 3.49. The standard InChI is InChI=1S/C11H8OS/c12-11(10-6-7-13-8-10)9-4-2-1-3-5-9/h1-8H. The second kappa shape index (κ2) is 3.54. The monoisotopic (exact) mass is 188 g/mol. The van der Waals surface area contributed by atoms with Gasteiger partial charge in [0.15, 0.2) is 5.78 Å². The van der Waals surface area contributed by atoms with Crippen LogP contribution in [0.5, 0.6) is 0 Å². The minimum atomic E-state index is 0.0989. The van der Waals surface area contributed by atoms with Gasteiger partial charge in [-0.05, 0) is 11.4 Å². The molecule has 0 spiro atoms. The van der Waals surface area contributed by atoms with Crippen LogP contribution in [-0.2, 0) is 0 Å². The Labute approximate surface area is 80.7 Å². The van der Waals surface area contributed by atoms with E-state index in [1.165, 1.54) is 0 Å². The first kappa shape index (κ1) is 8.20. The van der Waals surface area contributed by atoms with E-state index >= 15 is 0 Å². The van der Waals surface area contributed by atoms with Crippen LogP contribution in [0.4, 0.5) is 0 Å². The van der Waals surface area contributed by atoms with Crippen LogP contribution < -0.4 is 0 Å². The Balaban J connectivity index is 2.34. The van der Waals surface area contributed by atoms with E-state index in [-0.39, 0.29) is 5.78 Å². The quantitative estimate of drug-likeness (QED) is 0.662.